The molecule has 0 saturated heterocycles. The average molecular weight is 402 g/mol. The lowest BCUT2D eigenvalue weighted by molar-refractivity contribution is 0.0334. The van der Waals surface area contributed by atoms with E-state index in [9.17, 15) is 15.2 Å². The topological polar surface area (TPSA) is 99.0 Å². The minimum atomic E-state index is -1.07. The smallest absolute Gasteiger partial charge is 0.338 e. The van der Waals surface area contributed by atoms with Crippen LogP contribution in [-0.4, -0.2) is 27.1 Å². The zero-order valence-electron chi connectivity index (χ0n) is 14.0. The molecule has 3 aromatic rings. The summed E-state index contributed by atoms with van der Waals surface area (Å²) in [5, 5.41) is 20.4. The third-order valence-electron chi connectivity index (χ3n) is 3.82. The number of carbonyl (C=O) groups is 1. The molecule has 0 amide bonds. The van der Waals surface area contributed by atoms with Crippen molar-refractivity contribution in [3.05, 3.63) is 69.7 Å². The van der Waals surface area contributed by atoms with E-state index in [1.165, 1.54) is 25.1 Å². The predicted molar refractivity (Wildman–Crippen MR) is 103 cm³/mol. The van der Waals surface area contributed by atoms with Gasteiger partial charge in [0.25, 0.3) is 0 Å². The molecule has 0 aliphatic carbocycles. The largest absolute Gasteiger partial charge is 0.507 e. The van der Waals surface area contributed by atoms with Crippen molar-refractivity contribution in [1.82, 2.24) is 9.97 Å². The zero-order chi connectivity index (χ0) is 19.6. The number of para-hydroxylation sites is 2. The number of H-pyrrole nitrogens is 1. The van der Waals surface area contributed by atoms with Gasteiger partial charge in [0.15, 0.2) is 17.7 Å². The third-order valence-corrected chi connectivity index (χ3v) is 4.56. The van der Waals surface area contributed by atoms with Crippen molar-refractivity contribution in [3.63, 3.8) is 0 Å². The minimum absolute atomic E-state index is 0.111. The quantitative estimate of drug-likeness (QED) is 0.367. The van der Waals surface area contributed by atoms with Gasteiger partial charge in [0, 0.05) is 0 Å². The molecule has 0 aliphatic heterocycles. The van der Waals surface area contributed by atoms with Gasteiger partial charge in [-0.2, -0.15) is 5.26 Å². The van der Waals surface area contributed by atoms with E-state index in [-0.39, 0.29) is 22.0 Å². The van der Waals surface area contributed by atoms with E-state index in [1.807, 2.05) is 18.2 Å². The van der Waals surface area contributed by atoms with Crippen LogP contribution < -0.4 is 0 Å². The summed E-state index contributed by atoms with van der Waals surface area (Å²) in [6, 6.07) is 13.4. The second-order valence-electron chi connectivity index (χ2n) is 5.65. The fraction of sp³-hybridized carbons (Fsp3) is 0.105. The number of hydrogen-bond acceptors (Lipinski definition) is 5. The van der Waals surface area contributed by atoms with Crippen molar-refractivity contribution in [2.24, 2.45) is 0 Å². The Bertz CT molecular complexity index is 1070. The number of nitrogens with one attached hydrogen (secondary N) is 1. The summed E-state index contributed by atoms with van der Waals surface area (Å²) in [5.41, 5.74) is 1.42. The summed E-state index contributed by atoms with van der Waals surface area (Å²) < 4.78 is 5.23. The number of rotatable bonds is 4. The lowest BCUT2D eigenvalue weighted by atomic mass is 10.1. The van der Waals surface area contributed by atoms with Gasteiger partial charge in [-0.25, -0.2) is 9.78 Å². The number of halogens is 2. The van der Waals surface area contributed by atoms with E-state index in [4.69, 9.17) is 27.9 Å². The van der Waals surface area contributed by atoms with E-state index in [2.05, 4.69) is 9.97 Å². The molecule has 1 atom stereocenters. The number of imidazole rings is 1. The van der Waals surface area contributed by atoms with E-state index in [0.717, 1.165) is 0 Å². The Hall–Kier alpha value is -3.01. The van der Waals surface area contributed by atoms with Crippen molar-refractivity contribution in [3.8, 4) is 6.07 Å². The van der Waals surface area contributed by atoms with Crippen molar-refractivity contribution < 1.29 is 14.6 Å². The Labute approximate surface area is 164 Å². The SMILES string of the molecule is C[C@@H](OC(=O)c1ccc(Cl)c(Cl)c1)/C(O)=C(\C#N)c1nc2ccccc2[nH]1. The molecular weight excluding hydrogens is 389 g/mol. The van der Waals surface area contributed by atoms with E-state index < -0.39 is 17.8 Å². The van der Waals surface area contributed by atoms with Crippen LogP contribution in [0, 0.1) is 11.3 Å². The van der Waals surface area contributed by atoms with Gasteiger partial charge in [0.1, 0.15) is 11.6 Å². The number of benzene rings is 2. The summed E-state index contributed by atoms with van der Waals surface area (Å²) in [5.74, 6) is -0.937. The van der Waals surface area contributed by atoms with Crippen LogP contribution in [0.3, 0.4) is 0 Å². The fourth-order valence-corrected chi connectivity index (χ4v) is 2.71. The first kappa shape index (κ1) is 18.8. The molecule has 0 bridgehead atoms. The number of esters is 1. The Kier molecular flexibility index (Phi) is 5.36. The molecule has 27 heavy (non-hydrogen) atoms. The van der Waals surface area contributed by atoms with Gasteiger partial charge >= 0.3 is 5.97 Å². The molecule has 0 unspecified atom stereocenters. The highest BCUT2D eigenvalue weighted by molar-refractivity contribution is 6.42. The van der Waals surface area contributed by atoms with Gasteiger partial charge in [-0.3, -0.25) is 0 Å². The van der Waals surface area contributed by atoms with Gasteiger partial charge in [0.05, 0.1) is 26.6 Å². The molecule has 0 fully saturated rings. The van der Waals surface area contributed by atoms with Crippen molar-refractivity contribution in [2.75, 3.05) is 0 Å². The second-order valence-corrected chi connectivity index (χ2v) is 6.47. The lowest BCUT2D eigenvalue weighted by Crippen LogP contribution is -2.18. The number of fused-ring (bicyclic) bond motifs is 1. The average Bonchev–Trinajstić information content (AvgIpc) is 3.08. The molecule has 0 radical (unpaired) electrons. The monoisotopic (exact) mass is 401 g/mol. The number of allylic oxidation sites excluding steroid dienone is 1. The zero-order valence-corrected chi connectivity index (χ0v) is 15.5. The lowest BCUT2D eigenvalue weighted by Gasteiger charge is -2.14. The maximum atomic E-state index is 12.2. The van der Waals surface area contributed by atoms with Crippen LogP contribution in [0.5, 0.6) is 0 Å². The Balaban J connectivity index is 1.87. The Morgan fingerprint density at radius 1 is 1.26 bits per heavy atom. The molecule has 1 aromatic heterocycles. The number of nitrogens with zero attached hydrogens (tertiary/aromatic N) is 2. The molecule has 0 spiro atoms. The number of nitriles is 1. The molecule has 0 saturated carbocycles. The fourth-order valence-electron chi connectivity index (χ4n) is 2.41. The molecule has 136 valence electrons. The van der Waals surface area contributed by atoms with Crippen LogP contribution in [0.15, 0.2) is 48.2 Å². The minimum Gasteiger partial charge on any atom is -0.507 e. The number of hydrogen-bond donors (Lipinski definition) is 2. The molecule has 6 nitrogen and oxygen atoms in total. The number of carbonyl (C=O) groups excluding carboxylic acids is 1. The predicted octanol–water partition coefficient (Wildman–Crippen LogP) is 4.91. The Morgan fingerprint density at radius 2 is 2.00 bits per heavy atom. The van der Waals surface area contributed by atoms with E-state index in [1.54, 1.807) is 12.1 Å². The third kappa shape index (κ3) is 3.90. The van der Waals surface area contributed by atoms with Gasteiger partial charge in [-0.1, -0.05) is 35.3 Å². The summed E-state index contributed by atoms with van der Waals surface area (Å²) in [4.78, 5) is 19.5. The molecule has 1 heterocycles. The maximum Gasteiger partial charge on any atom is 0.338 e. The number of ether oxygens (including phenoxy) is 1. The van der Waals surface area contributed by atoms with E-state index >= 15 is 0 Å². The van der Waals surface area contributed by atoms with Crippen LogP contribution in [0.25, 0.3) is 16.6 Å². The standard InChI is InChI=1S/C19H13Cl2N3O3/c1-10(27-19(26)11-6-7-13(20)14(21)8-11)17(25)12(9-22)18-23-15-4-2-3-5-16(15)24-18/h2-8,10,25H,1H3,(H,23,24)/b17-12-/t10-/m1/s1. The molecule has 2 N–H and O–H groups in total. The highest BCUT2D eigenvalue weighted by Crippen LogP contribution is 2.24. The van der Waals surface area contributed by atoms with Crippen molar-refractivity contribution in [2.45, 2.75) is 13.0 Å². The molecule has 8 heteroatoms. The number of aromatic nitrogens is 2. The first-order valence-electron chi connectivity index (χ1n) is 7.85. The first-order chi connectivity index (χ1) is 12.9. The summed E-state index contributed by atoms with van der Waals surface area (Å²) >= 11 is 11.7. The second kappa shape index (κ2) is 7.70. The maximum absolute atomic E-state index is 12.2. The van der Waals surface area contributed by atoms with Crippen LogP contribution in [0.4, 0.5) is 0 Å². The molecule has 0 aliphatic rings. The molecule has 3 rings (SSSR count). The van der Waals surface area contributed by atoms with Crippen LogP contribution in [-0.2, 0) is 4.74 Å². The van der Waals surface area contributed by atoms with Gasteiger partial charge in [0.2, 0.25) is 0 Å². The highest BCUT2D eigenvalue weighted by atomic mass is 35.5. The van der Waals surface area contributed by atoms with Crippen LogP contribution in [0.1, 0.15) is 23.1 Å². The Morgan fingerprint density at radius 3 is 2.67 bits per heavy atom. The van der Waals surface area contributed by atoms with Gasteiger partial charge in [-0.15, -0.1) is 0 Å². The van der Waals surface area contributed by atoms with Crippen LogP contribution >= 0.6 is 23.2 Å². The van der Waals surface area contributed by atoms with Gasteiger partial charge < -0.3 is 14.8 Å². The van der Waals surface area contributed by atoms with Crippen molar-refractivity contribution >= 4 is 45.8 Å². The molecule has 2 aromatic carbocycles. The summed E-state index contributed by atoms with van der Waals surface area (Å²) in [7, 11) is 0. The normalized spacial score (nSPS) is 13.0. The first-order valence-corrected chi connectivity index (χ1v) is 8.60. The summed E-state index contributed by atoms with van der Waals surface area (Å²) in [6.45, 7) is 1.45. The van der Waals surface area contributed by atoms with E-state index in [0.29, 0.717) is 16.1 Å². The number of aromatic amines is 1. The highest BCUT2D eigenvalue weighted by Gasteiger charge is 2.22. The number of aliphatic hydroxyl groups is 1. The van der Waals surface area contributed by atoms with Crippen LogP contribution in [0.2, 0.25) is 10.0 Å². The van der Waals surface area contributed by atoms with Gasteiger partial charge in [-0.05, 0) is 37.3 Å². The number of aliphatic hydroxyl groups excluding tert-OH is 1. The molecular formula is C19H13Cl2N3O3. The van der Waals surface area contributed by atoms with Crippen molar-refractivity contribution in [1.29, 1.82) is 5.26 Å². The summed E-state index contributed by atoms with van der Waals surface area (Å²) in [6.07, 6.45) is -1.07.